The third-order valence-corrected chi connectivity index (χ3v) is 7.27. The van der Waals surface area contributed by atoms with E-state index in [1.54, 1.807) is 5.20 Å². The molecular formula is C22H39Cl2NOSiTi. The molecule has 2 aliphatic carbocycles. The molecule has 2 rings (SSSR count). The van der Waals surface area contributed by atoms with Gasteiger partial charge < -0.3 is 35.3 Å². The van der Waals surface area contributed by atoms with Crippen molar-refractivity contribution >= 4 is 14.7 Å². The Hall–Kier alpha value is 0.461. The quantitative estimate of drug-likeness (QED) is 0.427. The molecule has 0 aromatic carbocycles. The molecule has 0 saturated heterocycles. The topological polar surface area (TPSA) is 40.9 Å². The smallest absolute Gasteiger partial charge is 1.00 e. The molecular weight excluding hydrogens is 441 g/mol. The number of hydrogen-bond acceptors (Lipinski definition) is 1. The zero-order valence-corrected chi connectivity index (χ0v) is 22.5. The summed E-state index contributed by atoms with van der Waals surface area (Å²) in [6.45, 7) is 9.12. The molecule has 0 heterocycles. The third-order valence-electron chi connectivity index (χ3n) is 5.40. The molecule has 1 atom stereocenters. The molecule has 6 heteroatoms. The zero-order valence-electron chi connectivity index (χ0n) is 18.3. The van der Waals surface area contributed by atoms with E-state index in [4.69, 9.17) is 5.73 Å². The van der Waals surface area contributed by atoms with Crippen LogP contribution in [-0.4, -0.2) is 14.7 Å². The van der Waals surface area contributed by atoms with Gasteiger partial charge in [-0.25, -0.2) is 10.8 Å². The second-order valence-electron chi connectivity index (χ2n) is 8.16. The predicted octanol–water partition coefficient (Wildman–Crippen LogP) is 0.829. The maximum absolute atomic E-state index is 11.1. The van der Waals surface area contributed by atoms with E-state index in [1.807, 2.05) is 0 Å². The van der Waals surface area contributed by atoms with Crippen LogP contribution in [0.3, 0.4) is 0 Å². The SMILES string of the molecule is CC1=[C-]C(C)C=C1[SiH](C)C.[Cl-].[Cl-].[NH-]C(=O)C1CCCCCCCCCCC1.[Ti+4]. The van der Waals surface area contributed by atoms with Crippen molar-refractivity contribution in [2.24, 2.45) is 11.8 Å². The summed E-state index contributed by atoms with van der Waals surface area (Å²) < 4.78 is 0. The van der Waals surface area contributed by atoms with E-state index in [9.17, 15) is 4.79 Å². The number of rotatable bonds is 2. The minimum absolute atomic E-state index is 0. The summed E-state index contributed by atoms with van der Waals surface area (Å²) in [6.07, 6.45) is 19.2. The molecule has 2 aliphatic rings. The minimum Gasteiger partial charge on any atom is -1.00 e. The van der Waals surface area contributed by atoms with E-state index >= 15 is 0 Å². The fourth-order valence-corrected chi connectivity index (χ4v) is 5.53. The van der Waals surface area contributed by atoms with Crippen LogP contribution in [-0.2, 0) is 26.5 Å². The van der Waals surface area contributed by atoms with Gasteiger partial charge in [0.2, 0.25) is 0 Å². The van der Waals surface area contributed by atoms with Gasteiger partial charge in [0, 0.05) is 5.92 Å². The number of nitrogens with one attached hydrogen (secondary N) is 1. The van der Waals surface area contributed by atoms with Gasteiger partial charge in [-0.15, -0.1) is 0 Å². The molecule has 0 radical (unpaired) electrons. The van der Waals surface area contributed by atoms with Gasteiger partial charge in [0.1, 0.15) is 0 Å². The van der Waals surface area contributed by atoms with Crippen LogP contribution < -0.4 is 24.8 Å². The van der Waals surface area contributed by atoms with Crippen molar-refractivity contribution < 1.29 is 51.3 Å². The molecule has 160 valence electrons. The second kappa shape index (κ2) is 19.4. The third kappa shape index (κ3) is 14.4. The average Bonchev–Trinajstić information content (AvgIpc) is 2.87. The number of allylic oxidation sites excluding steroid dienone is 4. The monoisotopic (exact) mass is 479 g/mol. The summed E-state index contributed by atoms with van der Waals surface area (Å²) in [7, 11) is -0.558. The first-order chi connectivity index (χ1) is 11.9. The van der Waals surface area contributed by atoms with E-state index in [-0.39, 0.29) is 58.4 Å². The molecule has 1 unspecified atom stereocenters. The molecule has 1 fully saturated rings. The Morgan fingerprint density at radius 3 is 1.61 bits per heavy atom. The van der Waals surface area contributed by atoms with Crippen LogP contribution in [0.15, 0.2) is 16.8 Å². The predicted molar refractivity (Wildman–Crippen MR) is 112 cm³/mol. The van der Waals surface area contributed by atoms with E-state index in [1.165, 1.54) is 50.5 Å². The number of carbonyl (C=O) groups is 1. The van der Waals surface area contributed by atoms with Crippen molar-refractivity contribution in [3.8, 4) is 0 Å². The summed E-state index contributed by atoms with van der Waals surface area (Å²) in [5.74, 6) is 0.293. The van der Waals surface area contributed by atoms with Crippen LogP contribution in [0.4, 0.5) is 0 Å². The van der Waals surface area contributed by atoms with E-state index in [0.717, 1.165) is 25.7 Å². The Bertz CT molecular complexity index is 457. The number of halogens is 2. The van der Waals surface area contributed by atoms with Gasteiger partial charge in [-0.05, 0) is 21.6 Å². The van der Waals surface area contributed by atoms with Gasteiger partial charge in [0.25, 0.3) is 0 Å². The summed E-state index contributed by atoms with van der Waals surface area (Å²) >= 11 is 0. The first-order valence-corrected chi connectivity index (χ1v) is 13.4. The molecule has 0 bridgehead atoms. The van der Waals surface area contributed by atoms with Gasteiger partial charge in [0.15, 0.2) is 0 Å². The van der Waals surface area contributed by atoms with Crippen LogP contribution in [0.2, 0.25) is 13.1 Å². The molecule has 2 nitrogen and oxygen atoms in total. The molecule has 1 amide bonds. The van der Waals surface area contributed by atoms with Crippen molar-refractivity contribution in [1.82, 2.24) is 0 Å². The minimum atomic E-state index is -0.558. The van der Waals surface area contributed by atoms with Crippen molar-refractivity contribution in [3.05, 3.63) is 28.7 Å². The summed E-state index contributed by atoms with van der Waals surface area (Å²) in [5.41, 5.74) is 8.64. The van der Waals surface area contributed by atoms with Crippen molar-refractivity contribution in [1.29, 1.82) is 0 Å². The van der Waals surface area contributed by atoms with Crippen molar-refractivity contribution in [2.45, 2.75) is 97.6 Å². The standard InChI is InChI=1S/C13H25NO.C9H15Si.2ClH.Ti/c14-13(15)12-10-8-6-4-2-1-3-5-7-9-11-12;1-7-5-8(2)9(6-7)10(3)4;;;/h12H,1-11H2,(H2,14,15);6-7,10H,1-4H3;2*1H;/q;-1;;;+4/p-3. The largest absolute Gasteiger partial charge is 4.00 e. The van der Waals surface area contributed by atoms with E-state index in [0.29, 0.717) is 5.92 Å². The fraction of sp³-hybridized carbons (Fsp3) is 0.773. The van der Waals surface area contributed by atoms with Crippen LogP contribution >= 0.6 is 0 Å². The second-order valence-corrected chi connectivity index (χ2v) is 11.1. The molecule has 0 aromatic heterocycles. The van der Waals surface area contributed by atoms with E-state index < -0.39 is 8.80 Å². The fourth-order valence-electron chi connectivity index (χ4n) is 3.91. The van der Waals surface area contributed by atoms with Crippen molar-refractivity contribution in [2.75, 3.05) is 0 Å². The molecule has 0 spiro atoms. The molecule has 1 saturated carbocycles. The number of hydrogen-bond donors (Lipinski definition) is 0. The molecule has 28 heavy (non-hydrogen) atoms. The maximum atomic E-state index is 11.1. The van der Waals surface area contributed by atoms with Crippen molar-refractivity contribution in [3.63, 3.8) is 0 Å². The Labute approximate surface area is 203 Å². The summed E-state index contributed by atoms with van der Waals surface area (Å²) in [5, 5.41) is 1.62. The first kappa shape index (κ1) is 33.1. The van der Waals surface area contributed by atoms with Crippen LogP contribution in [0, 0.1) is 17.9 Å². The average molecular weight is 480 g/mol. The van der Waals surface area contributed by atoms with Gasteiger partial charge in [0.05, 0.1) is 5.91 Å². The van der Waals surface area contributed by atoms with E-state index in [2.05, 4.69) is 39.1 Å². The summed E-state index contributed by atoms with van der Waals surface area (Å²) in [4.78, 5) is 11.1. The van der Waals surface area contributed by atoms with Crippen LogP contribution in [0.5, 0.6) is 0 Å². The molecule has 0 aromatic rings. The molecule has 1 N–H and O–H groups in total. The van der Waals surface area contributed by atoms with Gasteiger partial charge >= 0.3 is 21.7 Å². The Morgan fingerprint density at radius 2 is 1.36 bits per heavy atom. The maximum Gasteiger partial charge on any atom is 4.00 e. The van der Waals surface area contributed by atoms with Gasteiger partial charge in [-0.3, -0.25) is 6.08 Å². The molecule has 0 aliphatic heterocycles. The normalized spacial score (nSPS) is 21.1. The van der Waals surface area contributed by atoms with Crippen LogP contribution in [0.1, 0.15) is 84.5 Å². The summed E-state index contributed by atoms with van der Waals surface area (Å²) in [6, 6.07) is 0. The Kier molecular flexibility index (Phi) is 23.0. The first-order valence-electron chi connectivity index (χ1n) is 10.5. The Morgan fingerprint density at radius 1 is 0.964 bits per heavy atom. The van der Waals surface area contributed by atoms with Crippen LogP contribution in [0.25, 0.3) is 5.73 Å². The Balaban J connectivity index is -0.000000427. The number of carbonyl (C=O) groups excluding carboxylic acids is 1. The van der Waals surface area contributed by atoms with Gasteiger partial charge in [-0.1, -0.05) is 90.6 Å². The van der Waals surface area contributed by atoms with Gasteiger partial charge in [-0.2, -0.15) is 6.08 Å². The number of amides is 1. The zero-order chi connectivity index (χ0) is 18.7.